The van der Waals surface area contributed by atoms with Gasteiger partial charge >= 0.3 is 0 Å². The third-order valence-corrected chi connectivity index (χ3v) is 6.27. The summed E-state index contributed by atoms with van der Waals surface area (Å²) in [5.74, 6) is 0.786. The van der Waals surface area contributed by atoms with Gasteiger partial charge in [0, 0.05) is 48.3 Å². The molecule has 4 rings (SSSR count). The summed E-state index contributed by atoms with van der Waals surface area (Å²) < 4.78 is 11.1. The van der Waals surface area contributed by atoms with Gasteiger partial charge in [-0.15, -0.1) is 0 Å². The van der Waals surface area contributed by atoms with Crippen molar-refractivity contribution in [1.82, 2.24) is 14.8 Å². The summed E-state index contributed by atoms with van der Waals surface area (Å²) in [7, 11) is 0. The molecule has 2 N–H and O–H groups in total. The lowest BCUT2D eigenvalue weighted by Gasteiger charge is -2.31. The summed E-state index contributed by atoms with van der Waals surface area (Å²) in [6, 6.07) is 15.8. The summed E-state index contributed by atoms with van der Waals surface area (Å²) in [6.45, 7) is 9.87. The molecule has 180 valence electrons. The molecule has 0 radical (unpaired) electrons. The maximum atomic E-state index is 12.9. The highest BCUT2D eigenvalue weighted by molar-refractivity contribution is 7.80. The number of thiocarbonyl (C=S) groups is 1. The van der Waals surface area contributed by atoms with E-state index in [9.17, 15) is 4.79 Å². The first-order chi connectivity index (χ1) is 16.5. The van der Waals surface area contributed by atoms with Crippen LogP contribution < -0.4 is 15.6 Å². The molecule has 2 heterocycles. The number of morpholine rings is 1. The second kappa shape index (κ2) is 11.5. The Balaban J connectivity index is 1.56. The zero-order valence-electron chi connectivity index (χ0n) is 19.8. The Morgan fingerprint density at radius 3 is 2.79 bits per heavy atom. The first kappa shape index (κ1) is 24.2. The third kappa shape index (κ3) is 6.34. The molecule has 0 spiro atoms. The van der Waals surface area contributed by atoms with E-state index >= 15 is 0 Å². The lowest BCUT2D eigenvalue weighted by molar-refractivity contribution is 0.0358. The van der Waals surface area contributed by atoms with Crippen LogP contribution in [0.25, 0.3) is 10.9 Å². The maximum absolute atomic E-state index is 12.9. The van der Waals surface area contributed by atoms with Crippen LogP contribution in [0.1, 0.15) is 18.1 Å². The lowest BCUT2D eigenvalue weighted by atomic mass is 10.1. The van der Waals surface area contributed by atoms with E-state index in [0.29, 0.717) is 30.4 Å². The number of H-pyrrole nitrogens is 1. The van der Waals surface area contributed by atoms with Crippen LogP contribution in [0, 0.1) is 6.92 Å². The summed E-state index contributed by atoms with van der Waals surface area (Å²) >= 11 is 5.80. The Morgan fingerprint density at radius 1 is 1.21 bits per heavy atom. The molecule has 1 aromatic heterocycles. The van der Waals surface area contributed by atoms with Gasteiger partial charge in [-0.3, -0.25) is 9.69 Å². The van der Waals surface area contributed by atoms with Crippen LogP contribution >= 0.6 is 12.2 Å². The predicted molar refractivity (Wildman–Crippen MR) is 141 cm³/mol. The number of aromatic amines is 1. The van der Waals surface area contributed by atoms with Crippen LogP contribution in [-0.2, 0) is 11.3 Å². The summed E-state index contributed by atoms with van der Waals surface area (Å²) in [6.07, 6.45) is 0. The number of nitrogens with one attached hydrogen (secondary N) is 2. The number of benzene rings is 2. The van der Waals surface area contributed by atoms with Crippen molar-refractivity contribution < 1.29 is 9.47 Å². The molecule has 8 heteroatoms. The molecule has 0 atom stereocenters. The van der Waals surface area contributed by atoms with Gasteiger partial charge < -0.3 is 24.7 Å². The number of hydrogen-bond donors (Lipinski definition) is 2. The molecule has 7 nitrogen and oxygen atoms in total. The molecule has 34 heavy (non-hydrogen) atoms. The minimum absolute atomic E-state index is 0.105. The topological polar surface area (TPSA) is 69.8 Å². The van der Waals surface area contributed by atoms with E-state index < -0.39 is 0 Å². The molecule has 0 bridgehead atoms. The number of ether oxygens (including phenoxy) is 2. The summed E-state index contributed by atoms with van der Waals surface area (Å²) in [5, 5.41) is 4.89. The van der Waals surface area contributed by atoms with Gasteiger partial charge in [-0.05, 0) is 68.0 Å². The maximum Gasteiger partial charge on any atom is 0.253 e. The molecule has 0 amide bonds. The molecule has 1 saturated heterocycles. The molecule has 0 unspecified atom stereocenters. The van der Waals surface area contributed by atoms with Gasteiger partial charge in [-0.25, -0.2) is 0 Å². The van der Waals surface area contributed by atoms with E-state index in [4.69, 9.17) is 21.7 Å². The number of aromatic nitrogens is 1. The van der Waals surface area contributed by atoms with Crippen LogP contribution in [0.4, 0.5) is 5.69 Å². The van der Waals surface area contributed by atoms with Gasteiger partial charge in [0.1, 0.15) is 5.75 Å². The third-order valence-electron chi connectivity index (χ3n) is 5.91. The molecule has 3 aromatic rings. The molecule has 1 aliphatic rings. The number of anilines is 1. The summed E-state index contributed by atoms with van der Waals surface area (Å²) in [5.41, 5.74) is 3.44. The molecular formula is C26H32N4O3S. The minimum Gasteiger partial charge on any atom is -0.494 e. The first-order valence-electron chi connectivity index (χ1n) is 11.7. The van der Waals surface area contributed by atoms with Crippen molar-refractivity contribution in [3.8, 4) is 5.75 Å². The van der Waals surface area contributed by atoms with Crippen molar-refractivity contribution in [3.05, 3.63) is 70.0 Å². The number of hydrogen-bond acceptors (Lipinski definition) is 5. The highest BCUT2D eigenvalue weighted by atomic mass is 32.1. The highest BCUT2D eigenvalue weighted by Gasteiger charge is 2.17. The number of pyridine rings is 1. The van der Waals surface area contributed by atoms with Gasteiger partial charge in [-0.1, -0.05) is 12.1 Å². The smallest absolute Gasteiger partial charge is 0.253 e. The zero-order valence-corrected chi connectivity index (χ0v) is 20.6. The normalized spacial score (nSPS) is 14.2. The molecular weight excluding hydrogens is 448 g/mol. The van der Waals surface area contributed by atoms with Crippen LogP contribution in [-0.4, -0.2) is 65.9 Å². The van der Waals surface area contributed by atoms with Crippen molar-refractivity contribution in [1.29, 1.82) is 0 Å². The van der Waals surface area contributed by atoms with Crippen LogP contribution in [0.5, 0.6) is 5.75 Å². The molecule has 0 saturated carbocycles. The van der Waals surface area contributed by atoms with Crippen molar-refractivity contribution in [2.24, 2.45) is 0 Å². The van der Waals surface area contributed by atoms with Crippen molar-refractivity contribution in [3.63, 3.8) is 0 Å². The molecule has 1 aliphatic heterocycles. The van der Waals surface area contributed by atoms with Gasteiger partial charge in [0.05, 0.1) is 26.4 Å². The Labute approximate surface area is 205 Å². The highest BCUT2D eigenvalue weighted by Crippen LogP contribution is 2.20. The second-order valence-corrected chi connectivity index (χ2v) is 8.87. The average molecular weight is 481 g/mol. The Hall–Kier alpha value is -2.94. The quantitative estimate of drug-likeness (QED) is 0.476. The van der Waals surface area contributed by atoms with Crippen LogP contribution in [0.3, 0.4) is 0 Å². The molecule has 2 aromatic carbocycles. The first-order valence-corrected chi connectivity index (χ1v) is 12.1. The van der Waals surface area contributed by atoms with Gasteiger partial charge in [0.2, 0.25) is 0 Å². The van der Waals surface area contributed by atoms with Gasteiger partial charge in [0.15, 0.2) is 5.11 Å². The number of fused-ring (bicyclic) bond motifs is 1. The van der Waals surface area contributed by atoms with E-state index in [2.05, 4.69) is 39.2 Å². The lowest BCUT2D eigenvalue weighted by Crippen LogP contribution is -2.44. The SMILES string of the molecule is CCOc1ccc2[nH]c(=O)c(CN(CCN3CCOCC3)C(=S)Nc3cccc(C)c3)cc2c1. The van der Waals surface area contributed by atoms with Gasteiger partial charge in [0.25, 0.3) is 5.56 Å². The molecule has 1 fully saturated rings. The number of rotatable bonds is 8. The Morgan fingerprint density at radius 2 is 2.03 bits per heavy atom. The largest absolute Gasteiger partial charge is 0.494 e. The fourth-order valence-corrected chi connectivity index (χ4v) is 4.35. The van der Waals surface area contributed by atoms with Crippen molar-refractivity contribution >= 4 is 33.9 Å². The minimum atomic E-state index is -0.105. The number of nitrogens with zero attached hydrogens (tertiary/aromatic N) is 2. The fraction of sp³-hybridized carbons (Fsp3) is 0.385. The number of aryl methyl sites for hydroxylation is 1. The average Bonchev–Trinajstić information content (AvgIpc) is 2.83. The van der Waals surface area contributed by atoms with E-state index in [-0.39, 0.29) is 5.56 Å². The van der Waals surface area contributed by atoms with E-state index in [1.54, 1.807) is 0 Å². The second-order valence-electron chi connectivity index (χ2n) is 8.48. The van der Waals surface area contributed by atoms with Crippen LogP contribution in [0.15, 0.2) is 53.3 Å². The standard InChI is InChI=1S/C26H32N4O3S/c1-3-33-23-7-8-24-20(17-23)16-21(25(31)28-24)18-30(10-9-29-11-13-32-14-12-29)26(34)27-22-6-4-5-19(2)15-22/h4-8,15-17H,3,9-14,18H2,1-2H3,(H,27,34)(H,28,31). The van der Waals surface area contributed by atoms with Crippen molar-refractivity contribution in [2.75, 3.05) is 51.3 Å². The fourth-order valence-electron chi connectivity index (χ4n) is 4.07. The van der Waals surface area contributed by atoms with E-state index in [0.717, 1.165) is 60.8 Å². The summed E-state index contributed by atoms with van der Waals surface area (Å²) in [4.78, 5) is 20.3. The van der Waals surface area contributed by atoms with Gasteiger partial charge in [-0.2, -0.15) is 0 Å². The predicted octanol–water partition coefficient (Wildman–Crippen LogP) is 3.77. The monoisotopic (exact) mass is 480 g/mol. The van der Waals surface area contributed by atoms with E-state index in [1.807, 2.05) is 43.3 Å². The van der Waals surface area contributed by atoms with Crippen LogP contribution in [0.2, 0.25) is 0 Å². The molecule has 0 aliphatic carbocycles. The van der Waals surface area contributed by atoms with Crippen molar-refractivity contribution in [2.45, 2.75) is 20.4 Å². The zero-order chi connectivity index (χ0) is 23.9. The Kier molecular flexibility index (Phi) is 8.16. The van der Waals surface area contributed by atoms with E-state index in [1.165, 1.54) is 0 Å². The Bertz CT molecular complexity index is 1190.